The Bertz CT molecular complexity index is 247. The van der Waals surface area contributed by atoms with Gasteiger partial charge in [0.1, 0.15) is 11.6 Å². The summed E-state index contributed by atoms with van der Waals surface area (Å²) < 4.78 is 5.06. The number of azide groups is 1. The summed E-state index contributed by atoms with van der Waals surface area (Å²) in [7, 11) is 0. The molecule has 66 valence electrons. The van der Waals surface area contributed by atoms with Crippen LogP contribution in [0.3, 0.4) is 0 Å². The van der Waals surface area contributed by atoms with Crippen molar-refractivity contribution in [2.24, 2.45) is 5.11 Å². The maximum Gasteiger partial charge on any atom is 0.315 e. The van der Waals surface area contributed by atoms with Gasteiger partial charge in [-0.3, -0.25) is 4.79 Å². The molecule has 1 fully saturated rings. The fourth-order valence-electron chi connectivity index (χ4n) is 1.21. The summed E-state index contributed by atoms with van der Waals surface area (Å²) in [5.74, 6) is -0.405. The van der Waals surface area contributed by atoms with E-state index in [9.17, 15) is 4.79 Å². The van der Waals surface area contributed by atoms with Crippen molar-refractivity contribution in [1.82, 2.24) is 0 Å². The number of hydrogen-bond acceptors (Lipinski definition) is 3. The Morgan fingerprint density at radius 3 is 3.00 bits per heavy atom. The molecule has 1 unspecified atom stereocenters. The van der Waals surface area contributed by atoms with Crippen molar-refractivity contribution >= 4 is 5.97 Å². The summed E-state index contributed by atoms with van der Waals surface area (Å²) in [4.78, 5) is 13.6. The second-order valence-corrected chi connectivity index (χ2v) is 3.15. The molecule has 1 aliphatic heterocycles. The number of nitrogens with zero attached hydrogens (tertiary/aromatic N) is 3. The Morgan fingerprint density at radius 1 is 1.92 bits per heavy atom. The largest absolute Gasteiger partial charge is 0.459 e. The maximum atomic E-state index is 11.1. The predicted molar refractivity (Wildman–Crippen MR) is 42.3 cm³/mol. The second kappa shape index (κ2) is 3.03. The molecule has 5 heteroatoms. The topological polar surface area (TPSA) is 75.1 Å². The van der Waals surface area contributed by atoms with E-state index in [-0.39, 0.29) is 0 Å². The quantitative estimate of drug-likeness (QED) is 0.273. The third-order valence-corrected chi connectivity index (χ3v) is 2.18. The van der Waals surface area contributed by atoms with Crippen molar-refractivity contribution in [1.29, 1.82) is 0 Å². The number of carbonyl (C=O) groups is 1. The van der Waals surface area contributed by atoms with Crippen LogP contribution in [0.15, 0.2) is 5.11 Å². The molecule has 1 rings (SSSR count). The van der Waals surface area contributed by atoms with Gasteiger partial charge >= 0.3 is 5.97 Å². The monoisotopic (exact) mass is 169 g/mol. The van der Waals surface area contributed by atoms with Gasteiger partial charge in [0.05, 0.1) is 0 Å². The summed E-state index contributed by atoms with van der Waals surface area (Å²) in [6.45, 7) is 3.78. The predicted octanol–water partition coefficient (Wildman–Crippen LogP) is 1.78. The highest BCUT2D eigenvalue weighted by atomic mass is 16.6. The first-order valence-electron chi connectivity index (χ1n) is 3.88. The molecule has 0 aliphatic carbocycles. The van der Waals surface area contributed by atoms with Crippen LogP contribution < -0.4 is 0 Å². The molecular formula is C7H11N3O2. The third kappa shape index (κ3) is 1.51. The lowest BCUT2D eigenvalue weighted by atomic mass is 9.98. The highest BCUT2D eigenvalue weighted by molar-refractivity contribution is 5.78. The van der Waals surface area contributed by atoms with E-state index in [1.807, 2.05) is 13.8 Å². The van der Waals surface area contributed by atoms with Crippen LogP contribution in [0.1, 0.15) is 26.7 Å². The first kappa shape index (κ1) is 8.87. The zero-order valence-corrected chi connectivity index (χ0v) is 7.15. The van der Waals surface area contributed by atoms with Crippen molar-refractivity contribution in [3.8, 4) is 0 Å². The van der Waals surface area contributed by atoms with Crippen molar-refractivity contribution < 1.29 is 9.53 Å². The zero-order chi connectivity index (χ0) is 9.19. The number of rotatable bonds is 2. The van der Waals surface area contributed by atoms with Crippen molar-refractivity contribution in [3.05, 3.63) is 10.4 Å². The van der Waals surface area contributed by atoms with Crippen LogP contribution in [-0.2, 0) is 9.53 Å². The molecule has 0 saturated carbocycles. The van der Waals surface area contributed by atoms with Crippen LogP contribution >= 0.6 is 0 Å². The van der Waals surface area contributed by atoms with Crippen LogP contribution in [0.5, 0.6) is 0 Å². The van der Waals surface area contributed by atoms with E-state index in [4.69, 9.17) is 10.3 Å². The average Bonchev–Trinajstić information content (AvgIpc) is 2.30. The Labute approximate surface area is 70.3 Å². The lowest BCUT2D eigenvalue weighted by molar-refractivity contribution is -0.148. The van der Waals surface area contributed by atoms with Crippen LogP contribution in [-0.4, -0.2) is 17.6 Å². The molecule has 2 atom stereocenters. The minimum Gasteiger partial charge on any atom is -0.459 e. The summed E-state index contributed by atoms with van der Waals surface area (Å²) in [6.07, 6.45) is 1.24. The SMILES string of the molecule is CC[C@@]1(C)CC(N=[N+]=[N-])C(=O)O1. The molecule has 0 aromatic heterocycles. The summed E-state index contributed by atoms with van der Waals surface area (Å²) in [5, 5.41) is 3.35. The normalized spacial score (nSPS) is 34.2. The summed E-state index contributed by atoms with van der Waals surface area (Å²) in [6, 6.07) is -0.625. The third-order valence-electron chi connectivity index (χ3n) is 2.18. The van der Waals surface area contributed by atoms with Gasteiger partial charge in [0.2, 0.25) is 0 Å². The van der Waals surface area contributed by atoms with Crippen LogP contribution in [0.4, 0.5) is 0 Å². The fraction of sp³-hybridized carbons (Fsp3) is 0.857. The Hall–Kier alpha value is -1.22. The minimum absolute atomic E-state index is 0.405. The molecule has 1 aliphatic rings. The molecule has 1 saturated heterocycles. The highest BCUT2D eigenvalue weighted by Gasteiger charge is 2.41. The number of hydrogen-bond donors (Lipinski definition) is 0. The highest BCUT2D eigenvalue weighted by Crippen LogP contribution is 2.31. The molecule has 0 radical (unpaired) electrons. The number of carbonyl (C=O) groups excluding carboxylic acids is 1. The molecule has 0 spiro atoms. The van der Waals surface area contributed by atoms with Crippen LogP contribution in [0.25, 0.3) is 10.4 Å². The van der Waals surface area contributed by atoms with Gasteiger partial charge in [0.15, 0.2) is 0 Å². The van der Waals surface area contributed by atoms with Gasteiger partial charge in [-0.15, -0.1) is 0 Å². The van der Waals surface area contributed by atoms with Crippen LogP contribution in [0, 0.1) is 0 Å². The van der Waals surface area contributed by atoms with Gasteiger partial charge in [0.25, 0.3) is 0 Å². The Kier molecular flexibility index (Phi) is 2.24. The molecule has 12 heavy (non-hydrogen) atoms. The van der Waals surface area contributed by atoms with Crippen molar-refractivity contribution in [2.75, 3.05) is 0 Å². The lowest BCUT2D eigenvalue weighted by Gasteiger charge is -2.19. The average molecular weight is 169 g/mol. The van der Waals surface area contributed by atoms with E-state index in [1.54, 1.807) is 0 Å². The van der Waals surface area contributed by atoms with Gasteiger partial charge in [-0.1, -0.05) is 12.0 Å². The second-order valence-electron chi connectivity index (χ2n) is 3.15. The molecule has 0 N–H and O–H groups in total. The van der Waals surface area contributed by atoms with E-state index in [0.29, 0.717) is 6.42 Å². The van der Waals surface area contributed by atoms with Gasteiger partial charge in [-0.2, -0.15) is 0 Å². The lowest BCUT2D eigenvalue weighted by Crippen LogP contribution is -2.22. The van der Waals surface area contributed by atoms with E-state index < -0.39 is 17.6 Å². The maximum absolute atomic E-state index is 11.1. The van der Waals surface area contributed by atoms with Gasteiger partial charge in [-0.05, 0) is 18.9 Å². The molecule has 0 aromatic rings. The number of cyclic esters (lactones) is 1. The van der Waals surface area contributed by atoms with E-state index in [0.717, 1.165) is 6.42 Å². The molecule has 5 nitrogen and oxygen atoms in total. The molecule has 1 heterocycles. The van der Waals surface area contributed by atoms with E-state index in [2.05, 4.69) is 10.0 Å². The van der Waals surface area contributed by atoms with Crippen molar-refractivity contribution in [3.63, 3.8) is 0 Å². The molecule has 0 amide bonds. The molecule has 0 bridgehead atoms. The van der Waals surface area contributed by atoms with E-state index >= 15 is 0 Å². The summed E-state index contributed by atoms with van der Waals surface area (Å²) >= 11 is 0. The number of ether oxygens (including phenoxy) is 1. The Morgan fingerprint density at radius 2 is 2.58 bits per heavy atom. The van der Waals surface area contributed by atoms with Crippen molar-refractivity contribution in [2.45, 2.75) is 38.3 Å². The van der Waals surface area contributed by atoms with Gasteiger partial charge in [-0.25, -0.2) is 0 Å². The zero-order valence-electron chi connectivity index (χ0n) is 7.15. The van der Waals surface area contributed by atoms with Gasteiger partial charge in [0, 0.05) is 11.3 Å². The van der Waals surface area contributed by atoms with E-state index in [1.165, 1.54) is 0 Å². The van der Waals surface area contributed by atoms with Crippen LogP contribution in [0.2, 0.25) is 0 Å². The standard InChI is InChI=1S/C7H11N3O2/c1-3-7(2)4-5(9-10-8)6(11)12-7/h5H,3-4H2,1-2H3/t5?,7-/m0/s1. The smallest absolute Gasteiger partial charge is 0.315 e. The minimum atomic E-state index is -0.625. The first-order valence-corrected chi connectivity index (χ1v) is 3.88. The molecular weight excluding hydrogens is 158 g/mol. The number of esters is 1. The fourth-order valence-corrected chi connectivity index (χ4v) is 1.21. The summed E-state index contributed by atoms with van der Waals surface area (Å²) in [5.41, 5.74) is 7.70. The Balaban J connectivity index is 2.74. The van der Waals surface area contributed by atoms with Gasteiger partial charge < -0.3 is 4.74 Å². The molecule has 0 aromatic carbocycles. The first-order chi connectivity index (χ1) is 5.61.